The number of rotatable bonds is 5. The Morgan fingerprint density at radius 2 is 2.06 bits per heavy atom. The third kappa shape index (κ3) is 3.83. The fourth-order valence-corrected chi connectivity index (χ4v) is 1.67. The summed E-state index contributed by atoms with van der Waals surface area (Å²) in [6, 6.07) is 3.94. The number of hydrogen-bond donors (Lipinski definition) is 1. The molecule has 0 radical (unpaired) electrons. The quantitative estimate of drug-likeness (QED) is 0.808. The van der Waals surface area contributed by atoms with Gasteiger partial charge in [-0.1, -0.05) is 17.7 Å². The van der Waals surface area contributed by atoms with E-state index in [1.807, 2.05) is 26.0 Å². The number of ether oxygens (including phenoxy) is 1. The molecule has 0 atom stereocenters. The summed E-state index contributed by atoms with van der Waals surface area (Å²) in [5, 5.41) is 9.16. The van der Waals surface area contributed by atoms with E-state index in [1.165, 1.54) is 0 Å². The number of benzene rings is 1. The zero-order valence-corrected chi connectivity index (χ0v) is 10.2. The first-order valence-electron chi connectivity index (χ1n) is 5.06. The van der Waals surface area contributed by atoms with Crippen molar-refractivity contribution in [3.05, 3.63) is 33.8 Å². The minimum absolute atomic E-state index is 0.244. The van der Waals surface area contributed by atoms with Crippen LogP contribution in [0.25, 0.3) is 0 Å². The Morgan fingerprint density at radius 3 is 2.69 bits per heavy atom. The standard InChI is InChI=1S/C12H15ClO3/c1-8-6-11(13)9(2)5-10(8)3-4-16-7-12(14)15/h5-6H,3-4,7H2,1-2H3,(H,14,15). The highest BCUT2D eigenvalue weighted by Crippen LogP contribution is 2.20. The Labute approximate surface area is 100.0 Å². The third-order valence-electron chi connectivity index (χ3n) is 2.36. The van der Waals surface area contributed by atoms with Gasteiger partial charge in [0.2, 0.25) is 0 Å². The molecule has 1 aromatic carbocycles. The number of carboxylic acids is 1. The van der Waals surface area contributed by atoms with Gasteiger partial charge in [0.05, 0.1) is 6.61 Å². The molecule has 1 rings (SSSR count). The van der Waals surface area contributed by atoms with Gasteiger partial charge in [-0.3, -0.25) is 0 Å². The summed E-state index contributed by atoms with van der Waals surface area (Å²) in [7, 11) is 0. The van der Waals surface area contributed by atoms with E-state index in [0.717, 1.165) is 21.7 Å². The van der Waals surface area contributed by atoms with Crippen molar-refractivity contribution in [2.75, 3.05) is 13.2 Å². The van der Waals surface area contributed by atoms with Crippen LogP contribution < -0.4 is 0 Å². The van der Waals surface area contributed by atoms with Gasteiger partial charge in [-0.25, -0.2) is 4.79 Å². The molecule has 4 heteroatoms. The number of carbonyl (C=O) groups is 1. The molecule has 0 aliphatic rings. The molecule has 0 aromatic heterocycles. The van der Waals surface area contributed by atoms with Crippen molar-refractivity contribution >= 4 is 17.6 Å². The van der Waals surface area contributed by atoms with Crippen molar-refractivity contribution in [1.29, 1.82) is 0 Å². The second-order valence-corrected chi connectivity index (χ2v) is 4.13. The molecule has 0 spiro atoms. The maximum atomic E-state index is 10.2. The highest BCUT2D eigenvalue weighted by Gasteiger charge is 2.03. The van der Waals surface area contributed by atoms with Crippen molar-refractivity contribution in [1.82, 2.24) is 0 Å². The first-order valence-corrected chi connectivity index (χ1v) is 5.43. The van der Waals surface area contributed by atoms with E-state index in [2.05, 4.69) is 0 Å². The minimum Gasteiger partial charge on any atom is -0.480 e. The lowest BCUT2D eigenvalue weighted by molar-refractivity contribution is -0.142. The topological polar surface area (TPSA) is 46.5 Å². The highest BCUT2D eigenvalue weighted by atomic mass is 35.5. The summed E-state index contributed by atoms with van der Waals surface area (Å²) in [5.41, 5.74) is 3.28. The molecule has 0 amide bonds. The van der Waals surface area contributed by atoms with E-state index < -0.39 is 5.97 Å². The normalized spacial score (nSPS) is 10.4. The molecule has 1 aromatic rings. The van der Waals surface area contributed by atoms with Crippen LogP contribution in [0.3, 0.4) is 0 Å². The van der Waals surface area contributed by atoms with Crippen LogP contribution in [0.2, 0.25) is 5.02 Å². The largest absolute Gasteiger partial charge is 0.480 e. The smallest absolute Gasteiger partial charge is 0.329 e. The van der Waals surface area contributed by atoms with E-state index in [1.54, 1.807) is 0 Å². The first kappa shape index (κ1) is 13.0. The molecular formula is C12H15ClO3. The summed E-state index contributed by atoms with van der Waals surface area (Å²) in [6.07, 6.45) is 0.705. The van der Waals surface area contributed by atoms with Gasteiger partial charge >= 0.3 is 5.97 Å². The fraction of sp³-hybridized carbons (Fsp3) is 0.417. The monoisotopic (exact) mass is 242 g/mol. The van der Waals surface area contributed by atoms with Crippen molar-refractivity contribution < 1.29 is 14.6 Å². The van der Waals surface area contributed by atoms with Crippen LogP contribution in [0.1, 0.15) is 16.7 Å². The summed E-state index contributed by atoms with van der Waals surface area (Å²) < 4.78 is 4.99. The molecular weight excluding hydrogens is 228 g/mol. The molecule has 3 nitrogen and oxygen atoms in total. The number of hydrogen-bond acceptors (Lipinski definition) is 2. The molecule has 0 aliphatic heterocycles. The van der Waals surface area contributed by atoms with E-state index in [9.17, 15) is 4.79 Å². The van der Waals surface area contributed by atoms with Crippen molar-refractivity contribution in [3.8, 4) is 0 Å². The molecule has 0 unspecified atom stereocenters. The summed E-state index contributed by atoms with van der Waals surface area (Å²) >= 11 is 5.98. The Kier molecular flexibility index (Phi) is 4.77. The number of halogens is 1. The molecule has 0 saturated heterocycles. The van der Waals surface area contributed by atoms with Gasteiger partial charge in [-0.05, 0) is 43.0 Å². The van der Waals surface area contributed by atoms with Gasteiger partial charge in [0.15, 0.2) is 0 Å². The van der Waals surface area contributed by atoms with E-state index in [0.29, 0.717) is 13.0 Å². The maximum Gasteiger partial charge on any atom is 0.329 e. The summed E-state index contributed by atoms with van der Waals surface area (Å²) in [6.45, 7) is 4.10. The van der Waals surface area contributed by atoms with E-state index >= 15 is 0 Å². The van der Waals surface area contributed by atoms with Gasteiger partial charge in [0, 0.05) is 5.02 Å². The second kappa shape index (κ2) is 5.87. The highest BCUT2D eigenvalue weighted by molar-refractivity contribution is 6.31. The van der Waals surface area contributed by atoms with Gasteiger partial charge in [0.25, 0.3) is 0 Å². The average Bonchev–Trinajstić information content (AvgIpc) is 2.19. The molecule has 0 saturated carbocycles. The number of aryl methyl sites for hydroxylation is 2. The zero-order chi connectivity index (χ0) is 12.1. The number of carboxylic acid groups (broad SMARTS) is 1. The SMILES string of the molecule is Cc1cc(CCOCC(=O)O)c(C)cc1Cl. The lowest BCUT2D eigenvalue weighted by atomic mass is 10.0. The third-order valence-corrected chi connectivity index (χ3v) is 2.77. The zero-order valence-electron chi connectivity index (χ0n) is 9.42. The summed E-state index contributed by atoms with van der Waals surface area (Å²) in [4.78, 5) is 10.2. The lowest BCUT2D eigenvalue weighted by Gasteiger charge is -2.08. The van der Waals surface area contributed by atoms with Gasteiger partial charge in [-0.2, -0.15) is 0 Å². The van der Waals surface area contributed by atoms with Crippen molar-refractivity contribution in [2.24, 2.45) is 0 Å². The molecule has 1 N–H and O–H groups in total. The van der Waals surface area contributed by atoms with Crippen molar-refractivity contribution in [3.63, 3.8) is 0 Å². The Balaban J connectivity index is 2.54. The molecule has 88 valence electrons. The van der Waals surface area contributed by atoms with Crippen molar-refractivity contribution in [2.45, 2.75) is 20.3 Å². The molecule has 16 heavy (non-hydrogen) atoms. The van der Waals surface area contributed by atoms with E-state index in [-0.39, 0.29) is 6.61 Å². The van der Waals surface area contributed by atoms with Crippen LogP contribution in [-0.2, 0) is 16.0 Å². The second-order valence-electron chi connectivity index (χ2n) is 3.72. The van der Waals surface area contributed by atoms with Gasteiger partial charge in [0.1, 0.15) is 6.61 Å². The first-order chi connectivity index (χ1) is 7.50. The van der Waals surface area contributed by atoms with Crippen LogP contribution in [0.5, 0.6) is 0 Å². The van der Waals surface area contributed by atoms with Crippen LogP contribution >= 0.6 is 11.6 Å². The predicted molar refractivity (Wildman–Crippen MR) is 63.1 cm³/mol. The molecule has 0 aliphatic carbocycles. The predicted octanol–water partition coefficient (Wildman–Crippen LogP) is 2.60. The van der Waals surface area contributed by atoms with Crippen LogP contribution in [-0.4, -0.2) is 24.3 Å². The molecule has 0 fully saturated rings. The maximum absolute atomic E-state index is 10.2. The van der Waals surface area contributed by atoms with Crippen LogP contribution in [0, 0.1) is 13.8 Å². The minimum atomic E-state index is -0.941. The Bertz CT molecular complexity index is 388. The molecule has 0 heterocycles. The van der Waals surface area contributed by atoms with Gasteiger partial charge < -0.3 is 9.84 Å². The Hall–Kier alpha value is -1.06. The fourth-order valence-electron chi connectivity index (χ4n) is 1.45. The Morgan fingerprint density at radius 1 is 1.38 bits per heavy atom. The molecule has 0 bridgehead atoms. The summed E-state index contributed by atoms with van der Waals surface area (Å²) in [5.74, 6) is -0.941. The lowest BCUT2D eigenvalue weighted by Crippen LogP contribution is -2.09. The van der Waals surface area contributed by atoms with Gasteiger partial charge in [-0.15, -0.1) is 0 Å². The van der Waals surface area contributed by atoms with Crippen LogP contribution in [0.4, 0.5) is 0 Å². The number of aliphatic carboxylic acids is 1. The van der Waals surface area contributed by atoms with Crippen LogP contribution in [0.15, 0.2) is 12.1 Å². The average molecular weight is 243 g/mol. The van der Waals surface area contributed by atoms with E-state index in [4.69, 9.17) is 21.4 Å².